The van der Waals surface area contributed by atoms with Crippen LogP contribution in [0.1, 0.15) is 0 Å². The third-order valence-corrected chi connectivity index (χ3v) is 12.1. The van der Waals surface area contributed by atoms with Gasteiger partial charge in [-0.1, -0.05) is 164 Å². The first-order valence-corrected chi connectivity index (χ1v) is 20.7. The summed E-state index contributed by atoms with van der Waals surface area (Å²) < 4.78 is 12.6. The number of fused-ring (bicyclic) bond motifs is 8. The van der Waals surface area contributed by atoms with Crippen molar-refractivity contribution < 1.29 is 8.83 Å². The molecular weight excluding hydrogens is 743 g/mol. The van der Waals surface area contributed by atoms with Gasteiger partial charge in [-0.15, -0.1) is 0 Å². The van der Waals surface area contributed by atoms with E-state index < -0.39 is 0 Å². The first-order valence-electron chi connectivity index (χ1n) is 20.7. The Bertz CT molecular complexity index is 3560. The molecule has 286 valence electrons. The van der Waals surface area contributed by atoms with Crippen LogP contribution in [-0.2, 0) is 0 Å². The van der Waals surface area contributed by atoms with Gasteiger partial charge in [-0.05, 0) is 110 Å². The van der Waals surface area contributed by atoms with Crippen LogP contribution >= 0.6 is 0 Å². The molecule has 3 heteroatoms. The first kappa shape index (κ1) is 34.9. The lowest BCUT2D eigenvalue weighted by molar-refractivity contribution is 0.669. The number of benzene rings is 10. The number of nitrogens with zero attached hydrogens (tertiary/aromatic N) is 1. The van der Waals surface area contributed by atoms with Crippen LogP contribution in [0.25, 0.3) is 99.2 Å². The van der Waals surface area contributed by atoms with Crippen molar-refractivity contribution in [2.24, 2.45) is 0 Å². The number of anilines is 3. The molecule has 0 radical (unpaired) electrons. The Kier molecular flexibility index (Phi) is 8.17. The highest BCUT2D eigenvalue weighted by Crippen LogP contribution is 2.42. The average Bonchev–Trinajstić information content (AvgIpc) is 3.91. The Morgan fingerprint density at radius 3 is 1.54 bits per heavy atom. The molecule has 12 rings (SSSR count). The molecule has 0 aliphatic rings. The predicted octanol–water partition coefficient (Wildman–Crippen LogP) is 16.8. The normalized spacial score (nSPS) is 11.6. The van der Waals surface area contributed by atoms with Gasteiger partial charge in [0.15, 0.2) is 0 Å². The van der Waals surface area contributed by atoms with E-state index in [1.54, 1.807) is 0 Å². The molecule has 10 aromatic carbocycles. The smallest absolute Gasteiger partial charge is 0.143 e. The number of furan rings is 2. The zero-order chi connectivity index (χ0) is 40.3. The van der Waals surface area contributed by atoms with Crippen molar-refractivity contribution in [2.45, 2.75) is 0 Å². The van der Waals surface area contributed by atoms with E-state index in [4.69, 9.17) is 8.83 Å². The second-order valence-corrected chi connectivity index (χ2v) is 15.7. The maximum absolute atomic E-state index is 6.47. The summed E-state index contributed by atoms with van der Waals surface area (Å²) >= 11 is 0. The van der Waals surface area contributed by atoms with E-state index >= 15 is 0 Å². The molecule has 0 saturated carbocycles. The molecule has 3 nitrogen and oxygen atoms in total. The fourth-order valence-electron chi connectivity index (χ4n) is 9.06. The third kappa shape index (κ3) is 6.06. The van der Waals surface area contributed by atoms with Crippen LogP contribution in [0.15, 0.2) is 233 Å². The van der Waals surface area contributed by atoms with Gasteiger partial charge in [0.25, 0.3) is 0 Å². The molecule has 2 aromatic heterocycles. The zero-order valence-corrected chi connectivity index (χ0v) is 33.1. The minimum atomic E-state index is 0.898. The summed E-state index contributed by atoms with van der Waals surface area (Å²) in [5.41, 5.74) is 16.1. The van der Waals surface area contributed by atoms with Crippen LogP contribution in [0.4, 0.5) is 17.1 Å². The summed E-state index contributed by atoms with van der Waals surface area (Å²) in [5, 5.41) is 6.99. The Morgan fingerprint density at radius 1 is 0.279 bits per heavy atom. The highest BCUT2D eigenvalue weighted by atomic mass is 16.3. The van der Waals surface area contributed by atoms with Crippen molar-refractivity contribution in [3.05, 3.63) is 224 Å². The summed E-state index contributed by atoms with van der Waals surface area (Å²) in [5.74, 6) is 0. The largest absolute Gasteiger partial charge is 0.456 e. The molecule has 0 N–H and O–H groups in total. The molecule has 0 aliphatic carbocycles. The summed E-state index contributed by atoms with van der Waals surface area (Å²) in [6.45, 7) is 0. The molecule has 0 atom stereocenters. The summed E-state index contributed by atoms with van der Waals surface area (Å²) in [6.07, 6.45) is 0. The molecule has 0 amide bonds. The molecule has 0 bridgehead atoms. The van der Waals surface area contributed by atoms with E-state index in [2.05, 4.69) is 205 Å². The minimum Gasteiger partial charge on any atom is -0.456 e. The van der Waals surface area contributed by atoms with Crippen LogP contribution in [-0.4, -0.2) is 0 Å². The van der Waals surface area contributed by atoms with Gasteiger partial charge in [0.2, 0.25) is 0 Å². The summed E-state index contributed by atoms with van der Waals surface area (Å²) in [7, 11) is 0. The van der Waals surface area contributed by atoms with Gasteiger partial charge in [0.05, 0.1) is 0 Å². The molecule has 2 heterocycles. The summed E-state index contributed by atoms with van der Waals surface area (Å²) in [4.78, 5) is 2.34. The van der Waals surface area contributed by atoms with Crippen LogP contribution < -0.4 is 4.90 Å². The maximum atomic E-state index is 6.47. The first-order chi connectivity index (χ1) is 30.2. The monoisotopic (exact) mass is 779 g/mol. The number of rotatable bonds is 7. The lowest BCUT2D eigenvalue weighted by atomic mass is 9.96. The van der Waals surface area contributed by atoms with Gasteiger partial charge in [-0.3, -0.25) is 0 Å². The van der Waals surface area contributed by atoms with Gasteiger partial charge < -0.3 is 13.7 Å². The van der Waals surface area contributed by atoms with Crippen LogP contribution in [0.3, 0.4) is 0 Å². The minimum absolute atomic E-state index is 0.898. The third-order valence-electron chi connectivity index (χ3n) is 12.1. The molecule has 61 heavy (non-hydrogen) atoms. The number of para-hydroxylation sites is 3. The maximum Gasteiger partial charge on any atom is 0.143 e. The lowest BCUT2D eigenvalue weighted by Gasteiger charge is -2.26. The Hall–Kier alpha value is -8.14. The lowest BCUT2D eigenvalue weighted by Crippen LogP contribution is -2.10. The number of hydrogen-bond donors (Lipinski definition) is 0. The van der Waals surface area contributed by atoms with E-state index in [0.29, 0.717) is 0 Å². The average molecular weight is 780 g/mol. The molecule has 0 unspecified atom stereocenters. The van der Waals surface area contributed by atoms with E-state index in [1.807, 2.05) is 24.3 Å². The van der Waals surface area contributed by atoms with E-state index in [-0.39, 0.29) is 0 Å². The summed E-state index contributed by atoms with van der Waals surface area (Å²) in [6, 6.07) is 79.9. The van der Waals surface area contributed by atoms with Gasteiger partial charge in [-0.25, -0.2) is 0 Å². The standard InChI is InChI=1S/C58H37NO2/c1-2-10-38(11-3-1)40-24-30-46(31-25-40)59(48-13-8-12-44(37-48)50-16-9-17-52-51-14-4-6-18-54(51)61-58(50)52)47-32-26-41(27-33-47)39-20-22-42(23-21-39)43-28-34-49-45(36-43)29-35-56-57(49)53-15-5-7-19-55(53)60-56/h1-37H. The van der Waals surface area contributed by atoms with Gasteiger partial charge >= 0.3 is 0 Å². The fourth-order valence-corrected chi connectivity index (χ4v) is 9.06. The Balaban J connectivity index is 0.887. The van der Waals surface area contributed by atoms with E-state index in [0.717, 1.165) is 72.2 Å². The highest BCUT2D eigenvalue weighted by molar-refractivity contribution is 6.19. The second-order valence-electron chi connectivity index (χ2n) is 15.7. The van der Waals surface area contributed by atoms with Gasteiger partial charge in [0, 0.05) is 44.2 Å². The van der Waals surface area contributed by atoms with Crippen molar-refractivity contribution in [2.75, 3.05) is 4.90 Å². The molecule has 12 aromatic rings. The van der Waals surface area contributed by atoms with Crippen LogP contribution in [0.2, 0.25) is 0 Å². The molecular formula is C58H37NO2. The Labute approximate surface area is 353 Å². The molecule has 0 aliphatic heterocycles. The van der Waals surface area contributed by atoms with Crippen molar-refractivity contribution in [1.82, 2.24) is 0 Å². The van der Waals surface area contributed by atoms with Crippen LogP contribution in [0, 0.1) is 0 Å². The van der Waals surface area contributed by atoms with Crippen molar-refractivity contribution in [1.29, 1.82) is 0 Å². The Morgan fingerprint density at radius 2 is 0.820 bits per heavy atom. The molecule has 0 spiro atoms. The van der Waals surface area contributed by atoms with E-state index in [1.165, 1.54) is 44.0 Å². The molecule has 0 saturated heterocycles. The topological polar surface area (TPSA) is 29.5 Å². The van der Waals surface area contributed by atoms with Gasteiger partial charge in [-0.2, -0.15) is 0 Å². The van der Waals surface area contributed by atoms with Crippen molar-refractivity contribution >= 4 is 71.7 Å². The highest BCUT2D eigenvalue weighted by Gasteiger charge is 2.17. The van der Waals surface area contributed by atoms with Crippen molar-refractivity contribution in [3.63, 3.8) is 0 Å². The van der Waals surface area contributed by atoms with Crippen molar-refractivity contribution in [3.8, 4) is 44.5 Å². The van der Waals surface area contributed by atoms with Gasteiger partial charge in [0.1, 0.15) is 22.3 Å². The quantitative estimate of drug-likeness (QED) is 0.161. The second kappa shape index (κ2) is 14.3. The SMILES string of the molecule is c1ccc(-c2ccc(N(c3ccc(-c4ccc(-c5ccc6c(ccc7oc8ccccc8c76)c5)cc4)cc3)c3cccc(-c4cccc5c4oc4ccccc45)c3)cc2)cc1. The fraction of sp³-hybridized carbons (Fsp3) is 0. The number of hydrogen-bond acceptors (Lipinski definition) is 3. The predicted molar refractivity (Wildman–Crippen MR) is 255 cm³/mol. The van der Waals surface area contributed by atoms with Crippen LogP contribution in [0.5, 0.6) is 0 Å². The zero-order valence-electron chi connectivity index (χ0n) is 33.1. The van der Waals surface area contributed by atoms with E-state index in [9.17, 15) is 0 Å². The molecule has 0 fully saturated rings.